The molecule has 4 aliphatic rings. The summed E-state index contributed by atoms with van der Waals surface area (Å²) in [6, 6.07) is 4.23. The van der Waals surface area contributed by atoms with E-state index in [1.807, 2.05) is 12.1 Å². The number of nitrogens with zero attached hydrogens (tertiary/aromatic N) is 1. The first-order valence-electron chi connectivity index (χ1n) is 7.71. The van der Waals surface area contributed by atoms with Crippen molar-refractivity contribution in [3.63, 3.8) is 0 Å². The molecule has 1 unspecified atom stereocenters. The summed E-state index contributed by atoms with van der Waals surface area (Å²) >= 11 is 0. The molecule has 0 saturated carbocycles. The second-order valence-electron chi connectivity index (χ2n) is 6.93. The first-order chi connectivity index (χ1) is 10.1. The summed E-state index contributed by atoms with van der Waals surface area (Å²) in [5, 5.41) is 20.6. The number of likely N-dealkylation sites (tertiary alicyclic amines) is 1. The Morgan fingerprint density at radius 2 is 2.19 bits per heavy atom. The Hall–Kier alpha value is -1.52. The van der Waals surface area contributed by atoms with E-state index < -0.39 is 6.10 Å². The number of ether oxygens (including phenoxy) is 1. The van der Waals surface area contributed by atoms with Crippen LogP contribution in [0.15, 0.2) is 24.3 Å². The van der Waals surface area contributed by atoms with Crippen molar-refractivity contribution < 1.29 is 14.9 Å². The Morgan fingerprint density at radius 1 is 1.33 bits per heavy atom. The van der Waals surface area contributed by atoms with Crippen LogP contribution < -0.4 is 4.74 Å². The Kier molecular flexibility index (Phi) is 2.08. The van der Waals surface area contributed by atoms with Gasteiger partial charge in [0.2, 0.25) is 0 Å². The van der Waals surface area contributed by atoms with Gasteiger partial charge in [0.1, 0.15) is 12.2 Å². The van der Waals surface area contributed by atoms with Crippen LogP contribution in [0, 0.1) is 5.92 Å². The van der Waals surface area contributed by atoms with E-state index in [0.29, 0.717) is 17.7 Å². The van der Waals surface area contributed by atoms with Crippen molar-refractivity contribution in [2.45, 2.75) is 36.5 Å². The van der Waals surface area contributed by atoms with E-state index in [-0.39, 0.29) is 17.3 Å². The maximum Gasteiger partial charge on any atom is 0.165 e. The summed E-state index contributed by atoms with van der Waals surface area (Å²) in [4.78, 5) is 2.43. The van der Waals surface area contributed by atoms with Crippen LogP contribution in [0.1, 0.15) is 17.5 Å². The van der Waals surface area contributed by atoms with Gasteiger partial charge in [-0.1, -0.05) is 18.2 Å². The van der Waals surface area contributed by atoms with Gasteiger partial charge in [0.25, 0.3) is 0 Å². The highest BCUT2D eigenvalue weighted by atomic mass is 16.5. The number of benzene rings is 1. The van der Waals surface area contributed by atoms with E-state index >= 15 is 0 Å². The minimum Gasteiger partial charge on any atom is -0.504 e. The van der Waals surface area contributed by atoms with Crippen molar-refractivity contribution in [2.75, 3.05) is 13.6 Å². The van der Waals surface area contributed by atoms with Crippen LogP contribution in [-0.2, 0) is 11.8 Å². The SMILES string of the molecule is CN1CC[C@@]23c4c5ccc(O)c4O[C@H]2C(O)C=C[C@H]3[C@@H]1C5. The third kappa shape index (κ3) is 1.21. The quantitative estimate of drug-likeness (QED) is 0.703. The summed E-state index contributed by atoms with van der Waals surface area (Å²) in [7, 11) is 2.19. The summed E-state index contributed by atoms with van der Waals surface area (Å²) < 4.78 is 6.09. The van der Waals surface area contributed by atoms with Gasteiger partial charge in [0.15, 0.2) is 11.5 Å². The van der Waals surface area contributed by atoms with Gasteiger partial charge in [0, 0.05) is 22.9 Å². The van der Waals surface area contributed by atoms with E-state index in [9.17, 15) is 10.2 Å². The molecule has 0 radical (unpaired) electrons. The zero-order valence-corrected chi connectivity index (χ0v) is 12.0. The molecule has 1 aromatic rings. The lowest BCUT2D eigenvalue weighted by Crippen LogP contribution is -2.64. The predicted molar refractivity (Wildman–Crippen MR) is 77.6 cm³/mol. The van der Waals surface area contributed by atoms with Crippen LogP contribution >= 0.6 is 0 Å². The molecule has 2 aliphatic carbocycles. The van der Waals surface area contributed by atoms with Crippen molar-refractivity contribution in [1.29, 1.82) is 0 Å². The minimum absolute atomic E-state index is 0.160. The van der Waals surface area contributed by atoms with Crippen LogP contribution in [0.5, 0.6) is 11.5 Å². The Morgan fingerprint density at radius 3 is 3.05 bits per heavy atom. The number of phenolic OH excluding ortho intramolecular Hbond substituents is 1. The molecule has 5 atom stereocenters. The van der Waals surface area contributed by atoms with Gasteiger partial charge in [-0.2, -0.15) is 0 Å². The van der Waals surface area contributed by atoms with Crippen molar-refractivity contribution in [1.82, 2.24) is 4.90 Å². The third-order valence-corrected chi connectivity index (χ3v) is 6.15. The highest BCUT2D eigenvalue weighted by molar-refractivity contribution is 5.61. The van der Waals surface area contributed by atoms with Crippen molar-refractivity contribution >= 4 is 0 Å². The molecule has 2 heterocycles. The highest BCUT2D eigenvalue weighted by Gasteiger charge is 2.64. The van der Waals surface area contributed by atoms with Crippen LogP contribution in [0.3, 0.4) is 0 Å². The fourth-order valence-corrected chi connectivity index (χ4v) is 5.24. The molecule has 1 spiro atoms. The summed E-state index contributed by atoms with van der Waals surface area (Å²) in [6.45, 7) is 1.01. The Balaban J connectivity index is 1.84. The molecule has 110 valence electrons. The second-order valence-corrected chi connectivity index (χ2v) is 6.93. The highest BCUT2D eigenvalue weighted by Crippen LogP contribution is 2.62. The largest absolute Gasteiger partial charge is 0.504 e. The molecule has 0 amide bonds. The number of hydrogen-bond acceptors (Lipinski definition) is 4. The van der Waals surface area contributed by atoms with Crippen LogP contribution in [0.25, 0.3) is 0 Å². The van der Waals surface area contributed by atoms with Gasteiger partial charge in [-0.15, -0.1) is 0 Å². The van der Waals surface area contributed by atoms with Gasteiger partial charge >= 0.3 is 0 Å². The Bertz CT molecular complexity index is 670. The molecule has 0 aromatic heterocycles. The van der Waals surface area contributed by atoms with Crippen LogP contribution in [0.2, 0.25) is 0 Å². The number of likely N-dealkylation sites (N-methyl/N-ethyl adjacent to an activating group) is 1. The first-order valence-corrected chi connectivity index (χ1v) is 7.71. The zero-order valence-electron chi connectivity index (χ0n) is 12.0. The normalized spacial score (nSPS) is 42.6. The molecule has 5 rings (SSSR count). The van der Waals surface area contributed by atoms with E-state index in [1.54, 1.807) is 6.07 Å². The number of aliphatic hydroxyl groups excluding tert-OH is 1. The molecule has 4 nitrogen and oxygen atoms in total. The summed E-state index contributed by atoms with van der Waals surface area (Å²) in [5.41, 5.74) is 2.29. The molecular formula is C17H19NO3. The van der Waals surface area contributed by atoms with E-state index in [4.69, 9.17) is 4.74 Å². The van der Waals surface area contributed by atoms with Gasteiger partial charge in [0.05, 0.1) is 0 Å². The lowest BCUT2D eigenvalue weighted by atomic mass is 9.53. The fraction of sp³-hybridized carbons (Fsp3) is 0.529. The van der Waals surface area contributed by atoms with Gasteiger partial charge in [-0.3, -0.25) is 0 Å². The minimum atomic E-state index is -0.594. The molecule has 1 saturated heterocycles. The fourth-order valence-electron chi connectivity index (χ4n) is 5.24. The second kappa shape index (κ2) is 3.62. The number of aliphatic hydroxyl groups is 1. The third-order valence-electron chi connectivity index (χ3n) is 6.15. The molecule has 4 heteroatoms. The standard InChI is InChI=1S/C17H19NO3/c1-18-7-6-17-10-3-5-13(20)16(17)21-15-12(19)4-2-9(14(15)17)8-11(10)18/h2-5,10-11,13,16,19-20H,6-8H2,1H3/t10-,11-,13?,16-,17+/m0/s1. The number of rotatable bonds is 0. The van der Waals surface area contributed by atoms with Gasteiger partial charge in [-0.05, 0) is 38.1 Å². The number of piperidine rings is 1. The lowest BCUT2D eigenvalue weighted by Gasteiger charge is -2.56. The number of aromatic hydroxyl groups is 1. The van der Waals surface area contributed by atoms with Gasteiger partial charge in [-0.25, -0.2) is 0 Å². The lowest BCUT2D eigenvalue weighted by molar-refractivity contribution is -0.0453. The maximum atomic E-state index is 10.4. The molecule has 2 bridgehead atoms. The van der Waals surface area contributed by atoms with E-state index in [0.717, 1.165) is 19.4 Å². The van der Waals surface area contributed by atoms with Crippen LogP contribution in [-0.4, -0.2) is 47.0 Å². The van der Waals surface area contributed by atoms with E-state index in [2.05, 4.69) is 18.0 Å². The predicted octanol–water partition coefficient (Wildman–Crippen LogP) is 1.20. The summed E-state index contributed by atoms with van der Waals surface area (Å²) in [5.74, 6) is 1.19. The van der Waals surface area contributed by atoms with Crippen molar-refractivity contribution in [3.05, 3.63) is 35.4 Å². The summed E-state index contributed by atoms with van der Waals surface area (Å²) in [6.07, 6.45) is 5.18. The number of hydrogen-bond donors (Lipinski definition) is 2. The zero-order chi connectivity index (χ0) is 14.4. The number of phenols is 1. The van der Waals surface area contributed by atoms with Crippen molar-refractivity contribution in [2.24, 2.45) is 5.92 Å². The molecule has 2 N–H and O–H groups in total. The van der Waals surface area contributed by atoms with Crippen LogP contribution in [0.4, 0.5) is 0 Å². The molecular weight excluding hydrogens is 266 g/mol. The molecule has 1 aromatic carbocycles. The average molecular weight is 285 g/mol. The molecule has 21 heavy (non-hydrogen) atoms. The molecule has 1 fully saturated rings. The maximum absolute atomic E-state index is 10.4. The van der Waals surface area contributed by atoms with Crippen molar-refractivity contribution in [3.8, 4) is 11.5 Å². The topological polar surface area (TPSA) is 52.9 Å². The Labute approximate surface area is 123 Å². The molecule has 2 aliphatic heterocycles. The van der Waals surface area contributed by atoms with Gasteiger partial charge < -0.3 is 19.8 Å². The first kappa shape index (κ1) is 12.1. The van der Waals surface area contributed by atoms with E-state index in [1.165, 1.54) is 11.1 Å². The average Bonchev–Trinajstić information content (AvgIpc) is 2.83. The smallest absolute Gasteiger partial charge is 0.165 e. The monoisotopic (exact) mass is 285 g/mol.